The quantitative estimate of drug-likeness (QED) is 0.561. The van der Waals surface area contributed by atoms with E-state index in [9.17, 15) is 9.59 Å². The Hall–Kier alpha value is -2.93. The van der Waals surface area contributed by atoms with Gasteiger partial charge in [-0.2, -0.15) is 0 Å². The highest BCUT2D eigenvalue weighted by atomic mass is 32.1. The van der Waals surface area contributed by atoms with Crippen LogP contribution in [0.5, 0.6) is 5.75 Å². The predicted molar refractivity (Wildman–Crippen MR) is 93.7 cm³/mol. The molecule has 0 saturated carbocycles. The summed E-state index contributed by atoms with van der Waals surface area (Å²) in [6.45, 7) is 2.38. The molecule has 0 aliphatic heterocycles. The van der Waals surface area contributed by atoms with Crippen LogP contribution in [0.4, 0.5) is 9.93 Å². The standard InChI is InChI=1S/C17H15N3O3S/c1-2-18-16(22)20-17-19-13-10-12(8-9-14(13)24-17)23-15(21)11-6-4-3-5-7-11/h3-10H,2H2,1H3,(H2,18,19,20,22). The Morgan fingerprint density at radius 3 is 2.71 bits per heavy atom. The SMILES string of the molecule is CCNC(=O)Nc1nc2cc(OC(=O)c3ccccc3)ccc2s1. The number of carbonyl (C=O) groups is 2. The molecule has 1 heterocycles. The van der Waals surface area contributed by atoms with Gasteiger partial charge in [0.25, 0.3) is 0 Å². The summed E-state index contributed by atoms with van der Waals surface area (Å²) >= 11 is 1.35. The van der Waals surface area contributed by atoms with Crippen LogP contribution in [-0.4, -0.2) is 23.5 Å². The van der Waals surface area contributed by atoms with E-state index in [4.69, 9.17) is 4.74 Å². The molecular weight excluding hydrogens is 326 g/mol. The third kappa shape index (κ3) is 3.69. The summed E-state index contributed by atoms with van der Waals surface area (Å²) in [5.74, 6) is -0.0166. The van der Waals surface area contributed by atoms with Crippen LogP contribution in [-0.2, 0) is 0 Å². The molecule has 1 aromatic heterocycles. The highest BCUT2D eigenvalue weighted by Gasteiger charge is 2.11. The summed E-state index contributed by atoms with van der Waals surface area (Å²) in [5, 5.41) is 5.80. The molecule has 6 nitrogen and oxygen atoms in total. The van der Waals surface area contributed by atoms with Crippen LogP contribution < -0.4 is 15.4 Å². The van der Waals surface area contributed by atoms with Gasteiger partial charge in [-0.1, -0.05) is 29.5 Å². The molecule has 2 amide bonds. The first kappa shape index (κ1) is 15.9. The maximum absolute atomic E-state index is 12.1. The van der Waals surface area contributed by atoms with E-state index in [0.29, 0.717) is 28.5 Å². The van der Waals surface area contributed by atoms with E-state index < -0.39 is 5.97 Å². The van der Waals surface area contributed by atoms with E-state index in [-0.39, 0.29) is 6.03 Å². The predicted octanol–water partition coefficient (Wildman–Crippen LogP) is 3.66. The van der Waals surface area contributed by atoms with E-state index in [1.807, 2.05) is 19.1 Å². The van der Waals surface area contributed by atoms with Crippen LogP contribution in [0.15, 0.2) is 48.5 Å². The van der Waals surface area contributed by atoms with Crippen LogP contribution in [0.3, 0.4) is 0 Å². The average Bonchev–Trinajstić information content (AvgIpc) is 2.97. The van der Waals surface area contributed by atoms with Crippen molar-refractivity contribution in [1.29, 1.82) is 0 Å². The summed E-state index contributed by atoms with van der Waals surface area (Å²) in [5.41, 5.74) is 1.14. The highest BCUT2D eigenvalue weighted by Crippen LogP contribution is 2.29. The second-order valence-corrected chi connectivity index (χ2v) is 5.92. The number of hydrogen-bond donors (Lipinski definition) is 2. The monoisotopic (exact) mass is 341 g/mol. The molecule has 3 rings (SSSR count). The van der Waals surface area contributed by atoms with Crippen molar-refractivity contribution in [1.82, 2.24) is 10.3 Å². The van der Waals surface area contributed by atoms with Gasteiger partial charge in [-0.3, -0.25) is 5.32 Å². The molecule has 24 heavy (non-hydrogen) atoms. The number of thiazole rings is 1. The van der Waals surface area contributed by atoms with Crippen molar-refractivity contribution in [2.75, 3.05) is 11.9 Å². The maximum atomic E-state index is 12.1. The number of carbonyl (C=O) groups excluding carboxylic acids is 2. The zero-order valence-corrected chi connectivity index (χ0v) is 13.7. The van der Waals surface area contributed by atoms with Crippen LogP contribution in [0.2, 0.25) is 0 Å². The molecule has 0 bridgehead atoms. The maximum Gasteiger partial charge on any atom is 0.343 e. The topological polar surface area (TPSA) is 80.3 Å². The Kier molecular flexibility index (Phi) is 4.72. The molecule has 7 heteroatoms. The first-order valence-electron chi connectivity index (χ1n) is 7.38. The minimum Gasteiger partial charge on any atom is -0.423 e. The van der Waals surface area contributed by atoms with Gasteiger partial charge in [0, 0.05) is 12.6 Å². The summed E-state index contributed by atoms with van der Waals surface area (Å²) in [6.07, 6.45) is 0. The molecule has 0 fully saturated rings. The number of nitrogens with zero attached hydrogens (tertiary/aromatic N) is 1. The van der Waals surface area contributed by atoms with Crippen molar-refractivity contribution >= 4 is 38.7 Å². The zero-order valence-electron chi connectivity index (χ0n) is 12.9. The number of nitrogens with one attached hydrogen (secondary N) is 2. The molecule has 0 unspecified atom stereocenters. The molecule has 2 aromatic carbocycles. The molecule has 2 N–H and O–H groups in total. The van der Waals surface area contributed by atoms with Gasteiger partial charge in [-0.25, -0.2) is 14.6 Å². The molecule has 0 atom stereocenters. The number of esters is 1. The Morgan fingerprint density at radius 2 is 1.96 bits per heavy atom. The van der Waals surface area contributed by atoms with Crippen molar-refractivity contribution in [3.63, 3.8) is 0 Å². The van der Waals surface area contributed by atoms with Gasteiger partial charge in [-0.05, 0) is 31.2 Å². The minimum atomic E-state index is -0.425. The zero-order chi connectivity index (χ0) is 16.9. The number of rotatable bonds is 4. The smallest absolute Gasteiger partial charge is 0.343 e. The molecule has 0 radical (unpaired) electrons. The van der Waals surface area contributed by atoms with Crippen molar-refractivity contribution in [2.24, 2.45) is 0 Å². The van der Waals surface area contributed by atoms with E-state index in [2.05, 4.69) is 15.6 Å². The normalized spacial score (nSPS) is 10.4. The van der Waals surface area contributed by atoms with Crippen molar-refractivity contribution in [2.45, 2.75) is 6.92 Å². The Balaban J connectivity index is 1.76. The number of urea groups is 1. The molecule has 0 spiro atoms. The largest absolute Gasteiger partial charge is 0.423 e. The van der Waals surface area contributed by atoms with E-state index in [1.54, 1.807) is 36.4 Å². The Morgan fingerprint density at radius 1 is 1.17 bits per heavy atom. The third-order valence-corrected chi connectivity index (χ3v) is 4.09. The lowest BCUT2D eigenvalue weighted by molar-refractivity contribution is 0.0735. The van der Waals surface area contributed by atoms with Crippen molar-refractivity contribution < 1.29 is 14.3 Å². The number of amides is 2. The lowest BCUT2D eigenvalue weighted by Crippen LogP contribution is -2.28. The Bertz CT molecular complexity index is 877. The summed E-state index contributed by atoms with van der Waals surface area (Å²) in [6, 6.07) is 13.7. The number of ether oxygens (including phenoxy) is 1. The summed E-state index contributed by atoms with van der Waals surface area (Å²) in [7, 11) is 0. The highest BCUT2D eigenvalue weighted by molar-refractivity contribution is 7.22. The number of anilines is 1. The molecule has 0 aliphatic rings. The van der Waals surface area contributed by atoms with Gasteiger partial charge in [-0.15, -0.1) is 0 Å². The number of aromatic nitrogens is 1. The van der Waals surface area contributed by atoms with Crippen LogP contribution in [0.25, 0.3) is 10.2 Å². The van der Waals surface area contributed by atoms with Crippen LogP contribution in [0, 0.1) is 0 Å². The van der Waals surface area contributed by atoms with E-state index in [0.717, 1.165) is 4.70 Å². The first-order valence-corrected chi connectivity index (χ1v) is 8.20. The lowest BCUT2D eigenvalue weighted by atomic mass is 10.2. The molecule has 3 aromatic rings. The molecule has 122 valence electrons. The fourth-order valence-electron chi connectivity index (χ4n) is 2.07. The molecular formula is C17H15N3O3S. The number of benzene rings is 2. The van der Waals surface area contributed by atoms with Gasteiger partial charge in [0.05, 0.1) is 15.8 Å². The van der Waals surface area contributed by atoms with E-state index >= 15 is 0 Å². The van der Waals surface area contributed by atoms with E-state index in [1.165, 1.54) is 11.3 Å². The minimum absolute atomic E-state index is 0.299. The lowest BCUT2D eigenvalue weighted by Gasteiger charge is -2.03. The molecule has 0 saturated heterocycles. The first-order chi connectivity index (χ1) is 11.7. The fraction of sp³-hybridized carbons (Fsp3) is 0.118. The van der Waals surface area contributed by atoms with Gasteiger partial charge in [0.1, 0.15) is 5.75 Å². The van der Waals surface area contributed by atoms with Crippen LogP contribution >= 0.6 is 11.3 Å². The fourth-order valence-corrected chi connectivity index (χ4v) is 2.91. The van der Waals surface area contributed by atoms with Crippen molar-refractivity contribution in [3.8, 4) is 5.75 Å². The summed E-state index contributed by atoms with van der Waals surface area (Å²) in [4.78, 5) is 27.9. The van der Waals surface area contributed by atoms with Crippen LogP contribution in [0.1, 0.15) is 17.3 Å². The van der Waals surface area contributed by atoms with Gasteiger partial charge in [0.15, 0.2) is 5.13 Å². The average molecular weight is 341 g/mol. The third-order valence-electron chi connectivity index (χ3n) is 3.14. The second-order valence-electron chi connectivity index (χ2n) is 4.89. The summed E-state index contributed by atoms with van der Waals surface area (Å²) < 4.78 is 6.25. The van der Waals surface area contributed by atoms with Gasteiger partial charge < -0.3 is 10.1 Å². The van der Waals surface area contributed by atoms with Gasteiger partial charge in [0.2, 0.25) is 0 Å². The second kappa shape index (κ2) is 7.10. The number of hydrogen-bond acceptors (Lipinski definition) is 5. The van der Waals surface area contributed by atoms with Gasteiger partial charge >= 0.3 is 12.0 Å². The van der Waals surface area contributed by atoms with Crippen molar-refractivity contribution in [3.05, 3.63) is 54.1 Å². The number of fused-ring (bicyclic) bond motifs is 1. The Labute approximate surface area is 142 Å². The molecule has 0 aliphatic carbocycles.